The van der Waals surface area contributed by atoms with Gasteiger partial charge >= 0.3 is 0 Å². The molecule has 1 fully saturated rings. The van der Waals surface area contributed by atoms with E-state index in [4.69, 9.17) is 5.73 Å². The lowest BCUT2D eigenvalue weighted by Gasteiger charge is -2.13. The standard InChI is InChI=1S/C8H15N5.ClH/c1-12-8(4-10-11-12)6-13-3-2-7(9)5-13;/h4,7H,2-3,5-6,9H2,1H3;1H/t7-;/m1./s1. The van der Waals surface area contributed by atoms with Gasteiger partial charge in [0.25, 0.3) is 0 Å². The first-order valence-electron chi connectivity index (χ1n) is 4.57. The number of hydrogen-bond acceptors (Lipinski definition) is 4. The van der Waals surface area contributed by atoms with Gasteiger partial charge in [0.05, 0.1) is 11.9 Å². The molecule has 6 heteroatoms. The maximum atomic E-state index is 5.81. The number of aryl methyl sites for hydroxylation is 1. The van der Waals surface area contributed by atoms with E-state index in [9.17, 15) is 0 Å². The van der Waals surface area contributed by atoms with E-state index in [1.165, 1.54) is 0 Å². The van der Waals surface area contributed by atoms with Crippen molar-refractivity contribution in [1.29, 1.82) is 0 Å². The van der Waals surface area contributed by atoms with E-state index in [-0.39, 0.29) is 12.4 Å². The Labute approximate surface area is 89.7 Å². The van der Waals surface area contributed by atoms with E-state index >= 15 is 0 Å². The quantitative estimate of drug-likeness (QED) is 0.744. The second-order valence-electron chi connectivity index (χ2n) is 3.63. The summed E-state index contributed by atoms with van der Waals surface area (Å²) in [7, 11) is 1.92. The Hall–Kier alpha value is -0.650. The fourth-order valence-corrected chi connectivity index (χ4v) is 1.69. The minimum Gasteiger partial charge on any atom is -0.326 e. The summed E-state index contributed by atoms with van der Waals surface area (Å²) >= 11 is 0. The minimum atomic E-state index is 0. The molecule has 1 aliphatic heterocycles. The van der Waals surface area contributed by atoms with Crippen molar-refractivity contribution in [3.8, 4) is 0 Å². The molecular weight excluding hydrogens is 202 g/mol. The molecule has 0 unspecified atom stereocenters. The van der Waals surface area contributed by atoms with Crippen LogP contribution in [0.15, 0.2) is 6.20 Å². The zero-order valence-corrected chi connectivity index (χ0v) is 9.07. The Morgan fingerprint density at radius 3 is 2.93 bits per heavy atom. The largest absolute Gasteiger partial charge is 0.326 e. The van der Waals surface area contributed by atoms with Gasteiger partial charge in [-0.1, -0.05) is 5.21 Å². The van der Waals surface area contributed by atoms with Gasteiger partial charge in [-0.05, 0) is 6.42 Å². The zero-order valence-electron chi connectivity index (χ0n) is 8.26. The molecule has 0 saturated carbocycles. The molecule has 0 spiro atoms. The Morgan fingerprint density at radius 2 is 2.43 bits per heavy atom. The molecule has 1 atom stereocenters. The van der Waals surface area contributed by atoms with Crippen LogP contribution in [0.25, 0.3) is 0 Å². The molecule has 14 heavy (non-hydrogen) atoms. The third-order valence-electron chi connectivity index (χ3n) is 2.50. The van der Waals surface area contributed by atoms with Crippen LogP contribution < -0.4 is 5.73 Å². The van der Waals surface area contributed by atoms with E-state index in [1.807, 2.05) is 17.9 Å². The van der Waals surface area contributed by atoms with Crippen LogP contribution in [0.4, 0.5) is 0 Å². The van der Waals surface area contributed by atoms with E-state index in [2.05, 4.69) is 15.2 Å². The van der Waals surface area contributed by atoms with Gasteiger partial charge in [-0.2, -0.15) is 0 Å². The highest BCUT2D eigenvalue weighted by Crippen LogP contribution is 2.10. The molecule has 2 heterocycles. The summed E-state index contributed by atoms with van der Waals surface area (Å²) in [6.07, 6.45) is 2.91. The number of hydrogen-bond donors (Lipinski definition) is 1. The number of nitrogens with two attached hydrogens (primary N) is 1. The van der Waals surface area contributed by atoms with Crippen molar-refractivity contribution in [3.63, 3.8) is 0 Å². The van der Waals surface area contributed by atoms with Crippen molar-refractivity contribution >= 4 is 12.4 Å². The molecule has 0 aromatic carbocycles. The number of likely N-dealkylation sites (tertiary alicyclic amines) is 1. The number of halogens is 1. The Bertz CT molecular complexity index is 287. The first kappa shape index (κ1) is 11.4. The first-order valence-corrected chi connectivity index (χ1v) is 4.57. The molecule has 2 N–H and O–H groups in total. The van der Waals surface area contributed by atoms with Crippen LogP contribution in [0.3, 0.4) is 0 Å². The lowest BCUT2D eigenvalue weighted by molar-refractivity contribution is 0.317. The second-order valence-corrected chi connectivity index (χ2v) is 3.63. The summed E-state index contributed by atoms with van der Waals surface area (Å²) in [5.41, 5.74) is 6.96. The van der Waals surface area contributed by atoms with E-state index < -0.39 is 0 Å². The number of aromatic nitrogens is 3. The summed E-state index contributed by atoms with van der Waals surface area (Å²) in [6.45, 7) is 2.99. The van der Waals surface area contributed by atoms with Gasteiger partial charge in [0, 0.05) is 32.7 Å². The van der Waals surface area contributed by atoms with Crippen molar-refractivity contribution in [2.45, 2.75) is 19.0 Å². The van der Waals surface area contributed by atoms with Crippen LogP contribution in [-0.4, -0.2) is 39.0 Å². The van der Waals surface area contributed by atoms with Crippen LogP contribution in [0.2, 0.25) is 0 Å². The van der Waals surface area contributed by atoms with Crippen LogP contribution >= 0.6 is 12.4 Å². The highest BCUT2D eigenvalue weighted by Gasteiger charge is 2.19. The zero-order chi connectivity index (χ0) is 9.26. The maximum absolute atomic E-state index is 5.81. The number of rotatable bonds is 2. The van der Waals surface area contributed by atoms with Crippen LogP contribution in [0.5, 0.6) is 0 Å². The molecule has 1 aromatic heterocycles. The Morgan fingerprint density at radius 1 is 1.64 bits per heavy atom. The normalized spacial score (nSPS) is 22.3. The molecule has 5 nitrogen and oxygen atoms in total. The molecule has 0 radical (unpaired) electrons. The van der Waals surface area contributed by atoms with Crippen molar-refractivity contribution in [3.05, 3.63) is 11.9 Å². The van der Waals surface area contributed by atoms with Crippen LogP contribution in [0.1, 0.15) is 12.1 Å². The van der Waals surface area contributed by atoms with Crippen molar-refractivity contribution in [2.75, 3.05) is 13.1 Å². The lowest BCUT2D eigenvalue weighted by Crippen LogP contribution is -2.26. The SMILES string of the molecule is Cl.Cn1nncc1CN1CC[C@@H](N)C1. The predicted molar refractivity (Wildman–Crippen MR) is 56.1 cm³/mol. The minimum absolute atomic E-state index is 0. The molecular formula is C8H16ClN5. The smallest absolute Gasteiger partial charge is 0.0738 e. The molecule has 1 aliphatic rings. The van der Waals surface area contributed by atoms with Crippen LogP contribution in [-0.2, 0) is 13.6 Å². The number of nitrogens with zero attached hydrogens (tertiary/aromatic N) is 4. The second kappa shape index (κ2) is 4.72. The van der Waals surface area contributed by atoms with Gasteiger partial charge in [0.15, 0.2) is 0 Å². The van der Waals surface area contributed by atoms with Gasteiger partial charge in [-0.15, -0.1) is 17.5 Å². The van der Waals surface area contributed by atoms with E-state index in [0.29, 0.717) is 6.04 Å². The van der Waals surface area contributed by atoms with Crippen molar-refractivity contribution < 1.29 is 0 Å². The molecule has 2 rings (SSSR count). The summed E-state index contributed by atoms with van der Waals surface area (Å²) in [6, 6.07) is 0.348. The summed E-state index contributed by atoms with van der Waals surface area (Å²) in [5, 5.41) is 7.72. The fraction of sp³-hybridized carbons (Fsp3) is 0.750. The highest BCUT2D eigenvalue weighted by atomic mass is 35.5. The lowest BCUT2D eigenvalue weighted by atomic mass is 10.3. The first-order chi connectivity index (χ1) is 6.25. The van der Waals surface area contributed by atoms with Crippen molar-refractivity contribution in [2.24, 2.45) is 12.8 Å². The van der Waals surface area contributed by atoms with E-state index in [1.54, 1.807) is 0 Å². The predicted octanol–water partition coefficient (Wildman–Crippen LogP) is -0.230. The highest BCUT2D eigenvalue weighted by molar-refractivity contribution is 5.85. The third-order valence-corrected chi connectivity index (χ3v) is 2.50. The molecule has 1 saturated heterocycles. The molecule has 80 valence electrons. The average Bonchev–Trinajstić information content (AvgIpc) is 2.64. The van der Waals surface area contributed by atoms with Gasteiger partial charge in [0.1, 0.15) is 0 Å². The Kier molecular flexibility index (Phi) is 3.86. The average molecular weight is 218 g/mol. The van der Waals surface area contributed by atoms with Gasteiger partial charge in [-0.25, -0.2) is 0 Å². The van der Waals surface area contributed by atoms with Crippen LogP contribution in [0, 0.1) is 0 Å². The van der Waals surface area contributed by atoms with Gasteiger partial charge in [-0.3, -0.25) is 9.58 Å². The molecule has 1 aromatic rings. The van der Waals surface area contributed by atoms with Crippen molar-refractivity contribution in [1.82, 2.24) is 19.9 Å². The maximum Gasteiger partial charge on any atom is 0.0738 e. The molecule has 0 bridgehead atoms. The van der Waals surface area contributed by atoms with Gasteiger partial charge < -0.3 is 5.73 Å². The summed E-state index contributed by atoms with van der Waals surface area (Å²) in [5.74, 6) is 0. The molecule has 0 amide bonds. The molecule has 0 aliphatic carbocycles. The monoisotopic (exact) mass is 217 g/mol. The third kappa shape index (κ3) is 2.43. The summed E-state index contributed by atoms with van der Waals surface area (Å²) in [4.78, 5) is 2.34. The van der Waals surface area contributed by atoms with E-state index in [0.717, 1.165) is 31.7 Å². The summed E-state index contributed by atoms with van der Waals surface area (Å²) < 4.78 is 1.81. The van der Waals surface area contributed by atoms with Gasteiger partial charge in [0.2, 0.25) is 0 Å². The fourth-order valence-electron chi connectivity index (χ4n) is 1.69. The Balaban J connectivity index is 0.000000980. The topological polar surface area (TPSA) is 60.0 Å².